The number of fused-ring (bicyclic) bond motifs is 1. The summed E-state index contributed by atoms with van der Waals surface area (Å²) in [6.45, 7) is 44.0. The third-order valence-corrected chi connectivity index (χ3v) is 14.8. The van der Waals surface area contributed by atoms with Gasteiger partial charge in [0.1, 0.15) is 0 Å². The molecule has 0 unspecified atom stereocenters. The van der Waals surface area contributed by atoms with Crippen molar-refractivity contribution in [1.29, 1.82) is 0 Å². The van der Waals surface area contributed by atoms with Crippen molar-refractivity contribution in [2.45, 2.75) is 274 Å². The van der Waals surface area contributed by atoms with Gasteiger partial charge in [0.25, 0.3) is 0 Å². The Kier molecular flexibility index (Phi) is 95.6. The van der Waals surface area contributed by atoms with Crippen molar-refractivity contribution in [1.82, 2.24) is 0 Å². The molecule has 3 aliphatic carbocycles. The molecule has 560 valence electrons. The van der Waals surface area contributed by atoms with Crippen LogP contribution in [-0.2, 0) is 6.42 Å². The molecule has 3 fully saturated rings. The topological polar surface area (TPSA) is 0 Å². The fourth-order valence-electron chi connectivity index (χ4n) is 10.6. The lowest BCUT2D eigenvalue weighted by Crippen LogP contribution is -2.14. The molecule has 0 heterocycles. The molecule has 13 rings (SSSR count). The van der Waals surface area contributed by atoms with Crippen LogP contribution in [0.2, 0.25) is 0 Å². The molecule has 0 aromatic heterocycles. The van der Waals surface area contributed by atoms with E-state index in [0.717, 1.165) is 18.3 Å². The first-order valence-electron chi connectivity index (χ1n) is 41.0. The predicted molar refractivity (Wildman–Crippen MR) is 470 cm³/mol. The van der Waals surface area contributed by atoms with Crippen LogP contribution in [0.15, 0.2) is 309 Å². The molecule has 0 nitrogen and oxygen atoms in total. The molecule has 0 radical (unpaired) electrons. The molecule has 10 aromatic carbocycles. The summed E-state index contributed by atoms with van der Waals surface area (Å²) in [6, 6.07) is 106. The molecule has 3 aliphatic rings. The average Bonchev–Trinajstić information content (AvgIpc) is 0.830. The molecule has 0 atom stereocenters. The van der Waals surface area contributed by atoms with Crippen molar-refractivity contribution < 1.29 is 0 Å². The molecule has 0 spiro atoms. The largest absolute Gasteiger partial charge is 0.0683 e. The van der Waals surface area contributed by atoms with Gasteiger partial charge < -0.3 is 0 Å². The van der Waals surface area contributed by atoms with E-state index in [4.69, 9.17) is 0 Å². The van der Waals surface area contributed by atoms with Crippen molar-refractivity contribution >= 4 is 10.8 Å². The maximum atomic E-state index is 2.20. The van der Waals surface area contributed by atoms with Crippen LogP contribution >= 0.6 is 0 Å². The van der Waals surface area contributed by atoms with E-state index in [9.17, 15) is 0 Å². The van der Waals surface area contributed by atoms with Crippen LogP contribution in [0.5, 0.6) is 0 Å². The van der Waals surface area contributed by atoms with E-state index >= 15 is 0 Å². The third-order valence-electron chi connectivity index (χ3n) is 14.8. The van der Waals surface area contributed by atoms with Gasteiger partial charge in [0.2, 0.25) is 0 Å². The second kappa shape index (κ2) is 92.5. The van der Waals surface area contributed by atoms with Crippen molar-refractivity contribution in [2.75, 3.05) is 0 Å². The highest BCUT2D eigenvalue weighted by Gasteiger charge is 2.20. The van der Waals surface area contributed by atoms with Crippen molar-refractivity contribution in [2.24, 2.45) is 11.8 Å². The molecular formula is C101H156. The van der Waals surface area contributed by atoms with E-state index in [1.165, 1.54) is 116 Å². The number of rotatable bonds is 7. The molecule has 10 aromatic rings. The highest BCUT2D eigenvalue weighted by molar-refractivity contribution is 5.82. The first-order valence-corrected chi connectivity index (χ1v) is 41.0. The monoisotopic (exact) mass is 1370 g/mol. The minimum absolute atomic E-state index is 0.309. The van der Waals surface area contributed by atoms with Gasteiger partial charge in [-0.15, -0.1) is 0 Å². The third kappa shape index (κ3) is 62.0. The summed E-state index contributed by atoms with van der Waals surface area (Å²) in [5, 5.41) is 2.62. The van der Waals surface area contributed by atoms with E-state index < -0.39 is 0 Å². The van der Waals surface area contributed by atoms with Crippen LogP contribution in [0.4, 0.5) is 0 Å². The number of hydrogen-bond donors (Lipinski definition) is 0. The van der Waals surface area contributed by atoms with Crippen molar-refractivity contribution in [3.63, 3.8) is 0 Å². The zero-order valence-corrected chi connectivity index (χ0v) is 69.4. The maximum absolute atomic E-state index is 2.20. The van der Waals surface area contributed by atoms with Gasteiger partial charge in [-0.3, -0.25) is 0 Å². The van der Waals surface area contributed by atoms with Crippen LogP contribution < -0.4 is 0 Å². The Morgan fingerprint density at radius 1 is 0.188 bits per heavy atom. The second-order valence-electron chi connectivity index (χ2n) is 21.0. The smallest absolute Gasteiger partial charge is 0.0339 e. The van der Waals surface area contributed by atoms with Crippen LogP contribution in [0, 0.1) is 11.8 Å². The normalized spacial score (nSPS) is 11.3. The summed E-state index contributed by atoms with van der Waals surface area (Å²) < 4.78 is 0. The fourth-order valence-corrected chi connectivity index (χ4v) is 10.6. The minimum atomic E-state index is 0.309. The highest BCUT2D eigenvalue weighted by Crippen LogP contribution is 2.35. The standard InChI is InChI=1S/C19H16.C13H24.C13H12.C10H8.C6H12.3C6H6.11C2H6/c1-4-10-16(11-5-1)19(17-12-6-2-7-13-17)18-14-8-3-9-15-18;2*1-3-7-12(8-4-1)11-13-9-5-2-6-10-13;1-2-6-10-8-4-3-7-9(10)5-1;4*1-2-4-6-5-3-1;11*1-2/h1-15,19H;12-13H,1-11H2;1-10H,11H2;1-8H;1-6H2;3*1-6H;11*1-2H3. The quantitative estimate of drug-likeness (QED) is 0.140. The molecule has 3 saturated carbocycles. The number of benzene rings is 10. The van der Waals surface area contributed by atoms with Gasteiger partial charge in [0, 0.05) is 5.92 Å². The molecule has 0 aliphatic heterocycles. The summed E-state index contributed by atoms with van der Waals surface area (Å²) in [4.78, 5) is 0. The zero-order valence-electron chi connectivity index (χ0n) is 69.4. The van der Waals surface area contributed by atoms with E-state index in [2.05, 4.69) is 200 Å². The first kappa shape index (κ1) is 104. The summed E-state index contributed by atoms with van der Waals surface area (Å²) in [5.74, 6) is 2.55. The predicted octanol–water partition coefficient (Wildman–Crippen LogP) is 34.2. The van der Waals surface area contributed by atoms with Crippen LogP contribution in [0.1, 0.15) is 295 Å². The Hall–Kier alpha value is -7.54. The first-order chi connectivity index (χ1) is 50.3. The minimum Gasteiger partial charge on any atom is -0.0683 e. The molecule has 101 heavy (non-hydrogen) atoms. The molecule has 0 bridgehead atoms. The van der Waals surface area contributed by atoms with Gasteiger partial charge in [-0.25, -0.2) is 0 Å². The summed E-state index contributed by atoms with van der Waals surface area (Å²) >= 11 is 0. The molecule has 0 saturated heterocycles. The second-order valence-corrected chi connectivity index (χ2v) is 21.0. The Labute approximate surface area is 629 Å². The van der Waals surface area contributed by atoms with Crippen LogP contribution in [-0.4, -0.2) is 0 Å². The van der Waals surface area contributed by atoms with E-state index in [0.29, 0.717) is 5.92 Å². The molecular weight excluding hydrogens is 1210 g/mol. The summed E-state index contributed by atoms with van der Waals surface area (Å²) in [6.07, 6.45) is 27.0. The van der Waals surface area contributed by atoms with E-state index in [-0.39, 0.29) is 0 Å². The van der Waals surface area contributed by atoms with Crippen molar-refractivity contribution in [3.05, 3.63) is 337 Å². The molecule has 0 heteroatoms. The van der Waals surface area contributed by atoms with Crippen LogP contribution in [0.25, 0.3) is 10.8 Å². The lowest BCUT2D eigenvalue weighted by Gasteiger charge is -2.28. The van der Waals surface area contributed by atoms with E-state index in [1.54, 1.807) is 32.1 Å². The molecule has 0 amide bonds. The lowest BCUT2D eigenvalue weighted by atomic mass is 9.78. The summed E-state index contributed by atoms with van der Waals surface area (Å²) in [5.41, 5.74) is 6.74. The lowest BCUT2D eigenvalue weighted by molar-refractivity contribution is 0.244. The SMILES string of the molecule is C1CCC(CC2CCCCC2)CC1.C1CCCCC1.CC.CC.CC.CC.CC.CC.CC.CC.CC.CC.CC.c1ccc(C(c2ccccc2)c2ccccc2)cc1.c1ccc(Cc2ccccc2)cc1.c1ccc2ccccc2c1.c1ccccc1.c1ccccc1.c1ccccc1. The van der Waals surface area contributed by atoms with Gasteiger partial charge in [-0.1, -0.05) is 564 Å². The maximum Gasteiger partial charge on any atom is 0.0339 e. The molecule has 0 N–H and O–H groups in total. The van der Waals surface area contributed by atoms with Gasteiger partial charge >= 0.3 is 0 Å². The fraction of sp³-hybridized carbons (Fsp3) is 0.426. The van der Waals surface area contributed by atoms with Gasteiger partial charge in [-0.05, 0) is 63.3 Å². The van der Waals surface area contributed by atoms with Crippen molar-refractivity contribution in [3.8, 4) is 0 Å². The zero-order chi connectivity index (χ0) is 76.6. The summed E-state index contributed by atoms with van der Waals surface area (Å²) in [7, 11) is 0. The van der Waals surface area contributed by atoms with Gasteiger partial charge in [-0.2, -0.15) is 0 Å². The Morgan fingerprint density at radius 2 is 0.337 bits per heavy atom. The Morgan fingerprint density at radius 3 is 0.525 bits per heavy atom. The van der Waals surface area contributed by atoms with E-state index in [1.807, 2.05) is 262 Å². The average molecular weight is 1370 g/mol. The highest BCUT2D eigenvalue weighted by atomic mass is 14.3. The number of hydrogen-bond acceptors (Lipinski definition) is 0. The van der Waals surface area contributed by atoms with Gasteiger partial charge in [0.05, 0.1) is 0 Å². The van der Waals surface area contributed by atoms with Crippen LogP contribution in [0.3, 0.4) is 0 Å². The Bertz CT molecular complexity index is 2470. The Balaban J connectivity index is -0.000000251. The van der Waals surface area contributed by atoms with Gasteiger partial charge in [0.15, 0.2) is 0 Å².